The van der Waals surface area contributed by atoms with Gasteiger partial charge in [0.2, 0.25) is 11.8 Å². The number of amides is 2. The number of aromatic nitrogens is 1. The molecule has 1 aliphatic carbocycles. The van der Waals surface area contributed by atoms with E-state index in [4.69, 9.17) is 21.3 Å². The van der Waals surface area contributed by atoms with Crippen LogP contribution in [0.5, 0.6) is 0 Å². The SMILES string of the molecule is Cc1ccc2nc(-c3ccc(N4C(=O)C5CC=CC(C)C5C4=O)cc3)cc(C(=O)OCC(=O)c3ccc(Cl)cc3)c2c1. The Bertz CT molecular complexity index is 1780. The van der Waals surface area contributed by atoms with E-state index in [1.165, 1.54) is 4.90 Å². The lowest BCUT2D eigenvalue weighted by molar-refractivity contribution is -0.122. The van der Waals surface area contributed by atoms with Crippen molar-refractivity contribution in [1.29, 1.82) is 0 Å². The first-order chi connectivity index (χ1) is 20.2. The average molecular weight is 579 g/mol. The van der Waals surface area contributed by atoms with Crippen LogP contribution in [0.1, 0.15) is 39.6 Å². The van der Waals surface area contributed by atoms with Crippen LogP contribution in [0.3, 0.4) is 0 Å². The number of allylic oxidation sites excluding steroid dienone is 2. The van der Waals surface area contributed by atoms with Gasteiger partial charge in [-0.1, -0.05) is 54.4 Å². The van der Waals surface area contributed by atoms with Crippen molar-refractivity contribution in [3.63, 3.8) is 0 Å². The fourth-order valence-electron chi connectivity index (χ4n) is 5.77. The van der Waals surface area contributed by atoms with Crippen LogP contribution < -0.4 is 4.90 Å². The maximum absolute atomic E-state index is 13.3. The van der Waals surface area contributed by atoms with Gasteiger partial charge in [0, 0.05) is 21.5 Å². The van der Waals surface area contributed by atoms with Crippen LogP contribution >= 0.6 is 11.6 Å². The van der Waals surface area contributed by atoms with Gasteiger partial charge >= 0.3 is 5.97 Å². The molecule has 3 unspecified atom stereocenters. The highest BCUT2D eigenvalue weighted by Crippen LogP contribution is 2.40. The summed E-state index contributed by atoms with van der Waals surface area (Å²) in [5.41, 5.74) is 3.92. The van der Waals surface area contributed by atoms with Crippen LogP contribution in [0.25, 0.3) is 22.2 Å². The second-order valence-corrected chi connectivity index (χ2v) is 11.2. The highest BCUT2D eigenvalue weighted by Gasteiger charge is 2.50. The molecule has 6 rings (SSSR count). The molecule has 0 saturated carbocycles. The number of hydrogen-bond acceptors (Lipinski definition) is 6. The number of aryl methyl sites for hydroxylation is 1. The first kappa shape index (κ1) is 27.5. The van der Waals surface area contributed by atoms with Crippen LogP contribution in [-0.4, -0.2) is 35.2 Å². The smallest absolute Gasteiger partial charge is 0.339 e. The molecule has 8 heteroatoms. The van der Waals surface area contributed by atoms with E-state index in [0.29, 0.717) is 44.9 Å². The van der Waals surface area contributed by atoms with E-state index in [9.17, 15) is 19.2 Å². The topological polar surface area (TPSA) is 93.6 Å². The Morgan fingerprint density at radius 2 is 1.71 bits per heavy atom. The van der Waals surface area contributed by atoms with Gasteiger partial charge in [-0.15, -0.1) is 0 Å². The highest BCUT2D eigenvalue weighted by molar-refractivity contribution is 6.30. The molecule has 3 aromatic carbocycles. The molecule has 7 nitrogen and oxygen atoms in total. The predicted molar refractivity (Wildman–Crippen MR) is 160 cm³/mol. The Hall–Kier alpha value is -4.62. The zero-order valence-corrected chi connectivity index (χ0v) is 23.8. The number of benzene rings is 3. The molecule has 0 N–H and O–H groups in total. The number of ether oxygens (including phenoxy) is 1. The van der Waals surface area contributed by atoms with Crippen molar-refractivity contribution in [2.24, 2.45) is 17.8 Å². The fourth-order valence-corrected chi connectivity index (χ4v) is 5.89. The van der Waals surface area contributed by atoms with Crippen molar-refractivity contribution in [2.45, 2.75) is 20.3 Å². The number of fused-ring (bicyclic) bond motifs is 2. The van der Waals surface area contributed by atoms with Crippen molar-refractivity contribution < 1.29 is 23.9 Å². The molecule has 0 spiro atoms. The van der Waals surface area contributed by atoms with Crippen LogP contribution in [-0.2, 0) is 14.3 Å². The number of esters is 1. The molecule has 0 radical (unpaired) electrons. The molecular formula is C34H27ClN2O5. The van der Waals surface area contributed by atoms with Gasteiger partial charge in [0.15, 0.2) is 12.4 Å². The monoisotopic (exact) mass is 578 g/mol. The van der Waals surface area contributed by atoms with Gasteiger partial charge in [0.25, 0.3) is 0 Å². The summed E-state index contributed by atoms with van der Waals surface area (Å²) in [6.07, 6.45) is 4.55. The molecule has 0 bridgehead atoms. The van der Waals surface area contributed by atoms with Crippen molar-refractivity contribution in [2.75, 3.05) is 11.5 Å². The third-order valence-corrected chi connectivity index (χ3v) is 8.23. The Labute approximate surface area is 247 Å². The molecule has 1 aliphatic heterocycles. The molecule has 2 heterocycles. The lowest BCUT2D eigenvalue weighted by atomic mass is 9.78. The van der Waals surface area contributed by atoms with E-state index >= 15 is 0 Å². The molecule has 42 heavy (non-hydrogen) atoms. The summed E-state index contributed by atoms with van der Waals surface area (Å²) in [5, 5.41) is 1.11. The second-order valence-electron chi connectivity index (χ2n) is 10.8. The molecule has 210 valence electrons. The van der Waals surface area contributed by atoms with Crippen LogP contribution in [0.15, 0.2) is 84.9 Å². The third-order valence-electron chi connectivity index (χ3n) is 7.98. The van der Waals surface area contributed by atoms with Gasteiger partial charge in [0.05, 0.1) is 34.3 Å². The molecule has 1 fully saturated rings. The number of imide groups is 1. The van der Waals surface area contributed by atoms with Crippen molar-refractivity contribution >= 4 is 51.8 Å². The fraction of sp³-hybridized carbons (Fsp3) is 0.206. The standard InChI is InChI=1S/C34H27ClN2O5/c1-19-6-15-28-26(16-19)27(34(41)42-18-30(38)22-7-11-23(35)12-8-22)17-29(36-28)21-9-13-24(14-10-21)37-32(39)25-5-3-4-20(2)31(25)33(37)40/h3-4,6-17,20,25,31H,5,18H2,1-2H3. The Kier molecular flexibility index (Phi) is 7.21. The number of anilines is 1. The molecule has 2 amide bonds. The van der Waals surface area contributed by atoms with E-state index in [0.717, 1.165) is 5.56 Å². The number of carbonyl (C=O) groups excluding carboxylic acids is 4. The Morgan fingerprint density at radius 3 is 2.43 bits per heavy atom. The van der Waals surface area contributed by atoms with E-state index in [1.807, 2.05) is 44.2 Å². The van der Waals surface area contributed by atoms with Crippen molar-refractivity contribution in [3.8, 4) is 11.3 Å². The number of ketones is 1. The summed E-state index contributed by atoms with van der Waals surface area (Å²) in [7, 11) is 0. The minimum atomic E-state index is -0.647. The molecule has 4 aromatic rings. The average Bonchev–Trinajstić information content (AvgIpc) is 3.25. The van der Waals surface area contributed by atoms with Gasteiger partial charge in [0.1, 0.15) is 0 Å². The quantitative estimate of drug-likeness (QED) is 0.111. The van der Waals surface area contributed by atoms with Gasteiger partial charge in [-0.25, -0.2) is 9.78 Å². The van der Waals surface area contributed by atoms with E-state index in [2.05, 4.69) is 0 Å². The van der Waals surface area contributed by atoms with Gasteiger partial charge < -0.3 is 4.74 Å². The highest BCUT2D eigenvalue weighted by atomic mass is 35.5. The molecule has 1 aromatic heterocycles. The summed E-state index contributed by atoms with van der Waals surface area (Å²) in [5.74, 6) is -2.00. The Balaban J connectivity index is 1.28. The first-order valence-corrected chi connectivity index (χ1v) is 14.1. The van der Waals surface area contributed by atoms with Gasteiger partial charge in [-0.05, 0) is 73.9 Å². The largest absolute Gasteiger partial charge is 0.454 e. The zero-order chi connectivity index (χ0) is 29.5. The lowest BCUT2D eigenvalue weighted by Crippen LogP contribution is -2.31. The number of Topliss-reactive ketones (excluding diaryl/α,β-unsaturated/α-hetero) is 1. The summed E-state index contributed by atoms with van der Waals surface area (Å²) in [6.45, 7) is 3.46. The van der Waals surface area contributed by atoms with E-state index < -0.39 is 12.6 Å². The van der Waals surface area contributed by atoms with Crippen LogP contribution in [0, 0.1) is 24.7 Å². The normalized spacial score (nSPS) is 19.7. The zero-order valence-electron chi connectivity index (χ0n) is 23.0. The van der Waals surface area contributed by atoms with Gasteiger partial charge in [-0.2, -0.15) is 0 Å². The lowest BCUT2D eigenvalue weighted by Gasteiger charge is -2.22. The minimum absolute atomic E-state index is 0.00886. The van der Waals surface area contributed by atoms with Crippen molar-refractivity contribution in [3.05, 3.63) is 107 Å². The summed E-state index contributed by atoms with van der Waals surface area (Å²) in [6, 6.07) is 20.6. The number of nitrogens with zero attached hydrogens (tertiary/aromatic N) is 2. The number of halogens is 1. The number of carbonyl (C=O) groups is 4. The van der Waals surface area contributed by atoms with Crippen molar-refractivity contribution in [1.82, 2.24) is 4.98 Å². The van der Waals surface area contributed by atoms with E-state index in [-0.39, 0.29) is 40.9 Å². The summed E-state index contributed by atoms with van der Waals surface area (Å²) < 4.78 is 5.44. The maximum atomic E-state index is 13.3. The summed E-state index contributed by atoms with van der Waals surface area (Å²) in [4.78, 5) is 58.3. The van der Waals surface area contributed by atoms with Crippen LogP contribution in [0.2, 0.25) is 5.02 Å². The maximum Gasteiger partial charge on any atom is 0.339 e. The number of pyridine rings is 1. The Morgan fingerprint density at radius 1 is 0.976 bits per heavy atom. The van der Waals surface area contributed by atoms with E-state index in [1.54, 1.807) is 54.6 Å². The predicted octanol–water partition coefficient (Wildman–Crippen LogP) is 6.60. The number of rotatable bonds is 6. The number of hydrogen-bond donors (Lipinski definition) is 0. The molecule has 2 aliphatic rings. The molecule has 1 saturated heterocycles. The third kappa shape index (κ3) is 5.01. The van der Waals surface area contributed by atoms with Crippen LogP contribution in [0.4, 0.5) is 5.69 Å². The summed E-state index contributed by atoms with van der Waals surface area (Å²) >= 11 is 5.91. The van der Waals surface area contributed by atoms with Gasteiger partial charge in [-0.3, -0.25) is 19.3 Å². The first-order valence-electron chi connectivity index (χ1n) is 13.7. The minimum Gasteiger partial charge on any atom is -0.454 e. The molecule has 3 atom stereocenters. The molecular weight excluding hydrogens is 552 g/mol. The second kappa shape index (κ2) is 11.0.